The van der Waals surface area contributed by atoms with Crippen molar-refractivity contribution in [2.24, 2.45) is 5.84 Å². The maximum atomic E-state index is 5.53. The summed E-state index contributed by atoms with van der Waals surface area (Å²) in [6, 6.07) is 0. The molecule has 6 nitrogen and oxygen atoms in total. The first-order chi connectivity index (χ1) is 9.32. The molecular weight excluding hydrogens is 252 g/mol. The quantitative estimate of drug-likeness (QED) is 0.628. The lowest BCUT2D eigenvalue weighted by atomic mass is 10.0. The number of hydrazine groups is 1. The molecule has 20 heavy (non-hydrogen) atoms. The SMILES string of the molecule is Cc1nc(NN)c(C)c(N2CCN(C(C)(C)C)CC2)n1. The van der Waals surface area contributed by atoms with Crippen LogP contribution in [-0.4, -0.2) is 46.6 Å². The summed E-state index contributed by atoms with van der Waals surface area (Å²) in [5.74, 6) is 7.99. The van der Waals surface area contributed by atoms with Gasteiger partial charge in [-0.3, -0.25) is 4.90 Å². The number of piperazine rings is 1. The van der Waals surface area contributed by atoms with Crippen LogP contribution < -0.4 is 16.2 Å². The standard InChI is InChI=1S/C14H26N6/c1-10-12(18-15)16-11(2)17-13(10)19-6-8-20(9-7-19)14(3,4)5/h6-9,15H2,1-5H3,(H,16,17,18). The first-order valence-corrected chi connectivity index (χ1v) is 7.15. The normalized spacial score (nSPS) is 17.4. The summed E-state index contributed by atoms with van der Waals surface area (Å²) in [4.78, 5) is 13.7. The highest BCUT2D eigenvalue weighted by Crippen LogP contribution is 2.25. The zero-order valence-corrected chi connectivity index (χ0v) is 13.2. The van der Waals surface area contributed by atoms with E-state index in [1.165, 1.54) is 0 Å². The first kappa shape index (κ1) is 15.0. The molecule has 1 fully saturated rings. The van der Waals surface area contributed by atoms with Crippen LogP contribution in [0.25, 0.3) is 0 Å². The van der Waals surface area contributed by atoms with Gasteiger partial charge >= 0.3 is 0 Å². The number of nitrogens with zero attached hydrogens (tertiary/aromatic N) is 4. The molecule has 1 aliphatic rings. The van der Waals surface area contributed by atoms with Gasteiger partial charge in [0.1, 0.15) is 17.5 Å². The van der Waals surface area contributed by atoms with Gasteiger partial charge in [0.2, 0.25) is 0 Å². The molecule has 1 aliphatic heterocycles. The highest BCUT2D eigenvalue weighted by Gasteiger charge is 2.27. The van der Waals surface area contributed by atoms with E-state index in [1.54, 1.807) is 0 Å². The van der Waals surface area contributed by atoms with Crippen LogP contribution in [0.5, 0.6) is 0 Å². The molecule has 1 aromatic rings. The smallest absolute Gasteiger partial charge is 0.148 e. The van der Waals surface area contributed by atoms with Gasteiger partial charge in [0.15, 0.2) is 0 Å². The molecule has 0 atom stereocenters. The van der Waals surface area contributed by atoms with E-state index in [0.29, 0.717) is 5.82 Å². The molecule has 2 heterocycles. The van der Waals surface area contributed by atoms with Crippen LogP contribution in [0.2, 0.25) is 0 Å². The average molecular weight is 278 g/mol. The molecule has 0 aromatic carbocycles. The molecule has 0 saturated carbocycles. The Hall–Kier alpha value is -1.40. The van der Waals surface area contributed by atoms with E-state index in [0.717, 1.165) is 43.4 Å². The Labute approximate surface area is 121 Å². The zero-order chi connectivity index (χ0) is 14.9. The van der Waals surface area contributed by atoms with Gasteiger partial charge in [0.05, 0.1) is 0 Å². The number of nitrogens with two attached hydrogens (primary N) is 1. The van der Waals surface area contributed by atoms with Crippen molar-refractivity contribution in [2.75, 3.05) is 36.5 Å². The van der Waals surface area contributed by atoms with E-state index in [1.807, 2.05) is 13.8 Å². The fraction of sp³-hybridized carbons (Fsp3) is 0.714. The summed E-state index contributed by atoms with van der Waals surface area (Å²) >= 11 is 0. The van der Waals surface area contributed by atoms with Crippen molar-refractivity contribution in [1.29, 1.82) is 0 Å². The molecule has 0 aliphatic carbocycles. The van der Waals surface area contributed by atoms with E-state index in [-0.39, 0.29) is 5.54 Å². The molecule has 0 bridgehead atoms. The molecule has 1 aromatic heterocycles. The Morgan fingerprint density at radius 2 is 1.65 bits per heavy atom. The van der Waals surface area contributed by atoms with Crippen LogP contribution in [0.1, 0.15) is 32.2 Å². The van der Waals surface area contributed by atoms with Crippen molar-refractivity contribution in [2.45, 2.75) is 40.2 Å². The topological polar surface area (TPSA) is 70.3 Å². The van der Waals surface area contributed by atoms with E-state index in [4.69, 9.17) is 5.84 Å². The van der Waals surface area contributed by atoms with Crippen LogP contribution in [0.15, 0.2) is 0 Å². The number of nitrogens with one attached hydrogen (secondary N) is 1. The van der Waals surface area contributed by atoms with Gasteiger partial charge < -0.3 is 10.3 Å². The number of nitrogen functional groups attached to an aromatic ring is 1. The molecule has 112 valence electrons. The monoisotopic (exact) mass is 278 g/mol. The molecule has 6 heteroatoms. The Morgan fingerprint density at radius 3 is 2.15 bits per heavy atom. The van der Waals surface area contributed by atoms with Crippen LogP contribution >= 0.6 is 0 Å². The van der Waals surface area contributed by atoms with Gasteiger partial charge in [-0.2, -0.15) is 0 Å². The number of anilines is 2. The Balaban J connectivity index is 2.17. The Morgan fingerprint density at radius 1 is 1.05 bits per heavy atom. The van der Waals surface area contributed by atoms with Gasteiger partial charge in [0.25, 0.3) is 0 Å². The van der Waals surface area contributed by atoms with Gasteiger partial charge in [0, 0.05) is 37.3 Å². The third-order valence-electron chi connectivity index (χ3n) is 3.90. The summed E-state index contributed by atoms with van der Waals surface area (Å²) in [5.41, 5.74) is 3.91. The third kappa shape index (κ3) is 3.02. The van der Waals surface area contributed by atoms with Crippen molar-refractivity contribution >= 4 is 11.6 Å². The van der Waals surface area contributed by atoms with Gasteiger partial charge in [-0.1, -0.05) is 0 Å². The van der Waals surface area contributed by atoms with Crippen molar-refractivity contribution in [3.05, 3.63) is 11.4 Å². The molecule has 0 unspecified atom stereocenters. The summed E-state index contributed by atoms with van der Waals surface area (Å²) in [6.45, 7) is 14.8. The summed E-state index contributed by atoms with van der Waals surface area (Å²) < 4.78 is 0. The van der Waals surface area contributed by atoms with Crippen molar-refractivity contribution in [3.63, 3.8) is 0 Å². The molecule has 0 amide bonds. The second-order valence-corrected chi connectivity index (χ2v) is 6.36. The maximum absolute atomic E-state index is 5.53. The van der Waals surface area contributed by atoms with Gasteiger partial charge in [-0.25, -0.2) is 15.8 Å². The van der Waals surface area contributed by atoms with E-state index >= 15 is 0 Å². The second-order valence-electron chi connectivity index (χ2n) is 6.36. The van der Waals surface area contributed by atoms with E-state index in [2.05, 4.69) is 46.0 Å². The fourth-order valence-electron chi connectivity index (χ4n) is 2.65. The average Bonchev–Trinajstić information content (AvgIpc) is 2.40. The molecule has 0 radical (unpaired) electrons. The molecule has 1 saturated heterocycles. The number of rotatable bonds is 2. The summed E-state index contributed by atoms with van der Waals surface area (Å²) in [7, 11) is 0. The minimum Gasteiger partial charge on any atom is -0.354 e. The van der Waals surface area contributed by atoms with Crippen molar-refractivity contribution in [3.8, 4) is 0 Å². The van der Waals surface area contributed by atoms with Crippen LogP contribution in [-0.2, 0) is 0 Å². The lowest BCUT2D eigenvalue weighted by molar-refractivity contribution is 0.128. The van der Waals surface area contributed by atoms with E-state index < -0.39 is 0 Å². The minimum atomic E-state index is 0.229. The second kappa shape index (κ2) is 5.54. The predicted molar refractivity (Wildman–Crippen MR) is 82.9 cm³/mol. The summed E-state index contributed by atoms with van der Waals surface area (Å²) in [6.07, 6.45) is 0. The number of aryl methyl sites for hydroxylation is 1. The Bertz CT molecular complexity index is 471. The molecular formula is C14H26N6. The number of aromatic nitrogens is 2. The van der Waals surface area contributed by atoms with Gasteiger partial charge in [-0.15, -0.1) is 0 Å². The predicted octanol–water partition coefficient (Wildman–Crippen LogP) is 1.30. The molecule has 0 spiro atoms. The van der Waals surface area contributed by atoms with Crippen molar-refractivity contribution < 1.29 is 0 Å². The molecule has 3 N–H and O–H groups in total. The van der Waals surface area contributed by atoms with Crippen LogP contribution in [0, 0.1) is 13.8 Å². The summed E-state index contributed by atoms with van der Waals surface area (Å²) in [5, 5.41) is 0. The third-order valence-corrected chi connectivity index (χ3v) is 3.90. The number of hydrogen-bond donors (Lipinski definition) is 2. The van der Waals surface area contributed by atoms with Gasteiger partial charge in [-0.05, 0) is 34.6 Å². The molecule has 2 rings (SSSR count). The lowest BCUT2D eigenvalue weighted by Crippen LogP contribution is -2.53. The lowest BCUT2D eigenvalue weighted by Gasteiger charge is -2.43. The Kier molecular flexibility index (Phi) is 4.15. The largest absolute Gasteiger partial charge is 0.354 e. The van der Waals surface area contributed by atoms with Crippen LogP contribution in [0.3, 0.4) is 0 Å². The van der Waals surface area contributed by atoms with Crippen LogP contribution in [0.4, 0.5) is 11.6 Å². The highest BCUT2D eigenvalue weighted by molar-refractivity contribution is 5.58. The number of hydrogen-bond acceptors (Lipinski definition) is 6. The fourth-order valence-corrected chi connectivity index (χ4v) is 2.65. The zero-order valence-electron chi connectivity index (χ0n) is 13.2. The maximum Gasteiger partial charge on any atom is 0.148 e. The van der Waals surface area contributed by atoms with E-state index in [9.17, 15) is 0 Å². The van der Waals surface area contributed by atoms with Crippen molar-refractivity contribution in [1.82, 2.24) is 14.9 Å². The minimum absolute atomic E-state index is 0.229. The first-order valence-electron chi connectivity index (χ1n) is 7.15. The highest BCUT2D eigenvalue weighted by atomic mass is 15.3.